The van der Waals surface area contributed by atoms with Crippen molar-refractivity contribution in [2.45, 2.75) is 52.0 Å². The lowest BCUT2D eigenvalue weighted by Crippen LogP contribution is -2.28. The quantitative estimate of drug-likeness (QED) is 0.342. The van der Waals surface area contributed by atoms with Gasteiger partial charge in [-0.2, -0.15) is 13.2 Å². The average molecular weight is 556 g/mol. The lowest BCUT2D eigenvalue weighted by Gasteiger charge is -2.17. The van der Waals surface area contributed by atoms with Crippen LogP contribution in [0.2, 0.25) is 0 Å². The zero-order chi connectivity index (χ0) is 28.9. The highest BCUT2D eigenvalue weighted by molar-refractivity contribution is 5.94. The minimum absolute atomic E-state index is 0.0692. The van der Waals surface area contributed by atoms with E-state index in [0.717, 1.165) is 53.8 Å². The average Bonchev–Trinajstić information content (AvgIpc) is 3.54. The predicted octanol–water partition coefficient (Wildman–Crippen LogP) is 4.73. The number of allylic oxidation sites excluding steroid dienone is 2. The molecule has 11 heteroatoms. The Balaban J connectivity index is 1.55. The van der Waals surface area contributed by atoms with Crippen molar-refractivity contribution >= 4 is 11.8 Å². The Morgan fingerprint density at radius 1 is 1.00 bits per heavy atom. The summed E-state index contributed by atoms with van der Waals surface area (Å²) in [6, 6.07) is 12.6. The van der Waals surface area contributed by atoms with Crippen LogP contribution in [0.5, 0.6) is 0 Å². The smallest absolute Gasteiger partial charge is 0.416 e. The highest BCUT2D eigenvalue weighted by atomic mass is 19.4. The predicted molar refractivity (Wildman–Crippen MR) is 143 cm³/mol. The van der Waals surface area contributed by atoms with Crippen molar-refractivity contribution in [3.63, 3.8) is 0 Å². The zero-order valence-electron chi connectivity index (χ0n) is 22.7. The van der Waals surface area contributed by atoms with Gasteiger partial charge in [0.2, 0.25) is 0 Å². The Morgan fingerprint density at radius 2 is 1.62 bits per heavy atom. The summed E-state index contributed by atoms with van der Waals surface area (Å²) >= 11 is 0. The molecule has 2 aromatic carbocycles. The Hall–Kier alpha value is -3.99. The normalized spacial score (nSPS) is 13.7. The molecular formula is C29H32F3N5O3. The Morgan fingerprint density at radius 3 is 2.23 bits per heavy atom. The van der Waals surface area contributed by atoms with E-state index in [1.54, 1.807) is 18.9 Å². The number of rotatable bonds is 11. The van der Waals surface area contributed by atoms with Gasteiger partial charge in [-0.25, -0.2) is 0 Å². The molecule has 0 radical (unpaired) electrons. The molecule has 0 saturated carbocycles. The molecule has 212 valence electrons. The Kier molecular flexibility index (Phi) is 9.03. The summed E-state index contributed by atoms with van der Waals surface area (Å²) in [6.07, 6.45) is -1.88. The first-order valence-electron chi connectivity index (χ1n) is 12.9. The first-order chi connectivity index (χ1) is 19.0. The van der Waals surface area contributed by atoms with Crippen LogP contribution in [-0.4, -0.2) is 52.1 Å². The molecule has 3 aromatic rings. The maximum atomic E-state index is 12.9. The van der Waals surface area contributed by atoms with E-state index in [9.17, 15) is 22.8 Å². The minimum atomic E-state index is -4.38. The van der Waals surface area contributed by atoms with Crippen LogP contribution in [0.15, 0.2) is 59.8 Å². The lowest BCUT2D eigenvalue weighted by molar-refractivity contribution is -0.141. The number of halogens is 3. The van der Waals surface area contributed by atoms with Gasteiger partial charge in [-0.1, -0.05) is 36.4 Å². The molecule has 0 spiro atoms. The maximum absolute atomic E-state index is 12.9. The van der Waals surface area contributed by atoms with Gasteiger partial charge in [0.1, 0.15) is 5.82 Å². The molecule has 0 unspecified atom stereocenters. The molecule has 1 aromatic heterocycles. The number of benzene rings is 2. The van der Waals surface area contributed by atoms with E-state index in [4.69, 9.17) is 4.74 Å². The summed E-state index contributed by atoms with van der Waals surface area (Å²) in [7, 11) is 3.12. The number of methoxy groups -OCH3 is 1. The fraction of sp³-hybridized carbons (Fsp3) is 0.379. The van der Waals surface area contributed by atoms with Crippen molar-refractivity contribution in [3.8, 4) is 11.1 Å². The van der Waals surface area contributed by atoms with Gasteiger partial charge in [-0.15, -0.1) is 10.2 Å². The summed E-state index contributed by atoms with van der Waals surface area (Å²) < 4.78 is 45.5. The number of carbonyl (C=O) groups excluding carboxylic acids is 2. The van der Waals surface area contributed by atoms with E-state index in [0.29, 0.717) is 36.8 Å². The number of alkyl halides is 3. The van der Waals surface area contributed by atoms with Gasteiger partial charge in [0.05, 0.1) is 38.9 Å². The van der Waals surface area contributed by atoms with Gasteiger partial charge in [0.25, 0.3) is 0 Å². The van der Waals surface area contributed by atoms with E-state index in [1.807, 2.05) is 28.8 Å². The zero-order valence-corrected chi connectivity index (χ0v) is 22.7. The molecule has 4 rings (SSSR count). The standard InChI is InChI=1S/C29H32F3N5O3/c1-19(38)24-5-4-6-25(24)33-15-26-34-35-27(17-36(2)18-28(39)40-3)37(26)16-20-7-9-21(10-8-20)22-11-13-23(14-12-22)29(30,31)32/h7-14,33H,4-6,15-18H2,1-3H3. The van der Waals surface area contributed by atoms with Gasteiger partial charge in [-0.3, -0.25) is 14.5 Å². The van der Waals surface area contributed by atoms with Crippen molar-refractivity contribution in [1.82, 2.24) is 25.0 Å². The van der Waals surface area contributed by atoms with Crippen LogP contribution in [0.3, 0.4) is 0 Å². The van der Waals surface area contributed by atoms with Gasteiger partial charge >= 0.3 is 12.1 Å². The fourth-order valence-corrected chi connectivity index (χ4v) is 4.73. The van der Waals surface area contributed by atoms with Gasteiger partial charge in [0.15, 0.2) is 11.6 Å². The first-order valence-corrected chi connectivity index (χ1v) is 12.9. The van der Waals surface area contributed by atoms with Gasteiger partial charge in [-0.05, 0) is 62.1 Å². The van der Waals surface area contributed by atoms with Crippen LogP contribution in [0.4, 0.5) is 13.2 Å². The van der Waals surface area contributed by atoms with Crippen LogP contribution in [0.25, 0.3) is 11.1 Å². The molecule has 40 heavy (non-hydrogen) atoms. The molecule has 0 atom stereocenters. The van der Waals surface area contributed by atoms with Crippen molar-refractivity contribution in [2.24, 2.45) is 0 Å². The first kappa shape index (κ1) is 29.0. The van der Waals surface area contributed by atoms with E-state index in [-0.39, 0.29) is 18.3 Å². The van der Waals surface area contributed by atoms with Crippen LogP contribution < -0.4 is 5.32 Å². The fourth-order valence-electron chi connectivity index (χ4n) is 4.73. The van der Waals surface area contributed by atoms with Crippen molar-refractivity contribution < 1.29 is 27.5 Å². The number of hydrogen-bond acceptors (Lipinski definition) is 7. The Bertz CT molecular complexity index is 1380. The SMILES string of the molecule is COC(=O)CN(C)Cc1nnc(CNC2=C(C(C)=O)CCC2)n1Cc1ccc(-c2ccc(C(F)(F)F)cc2)cc1. The van der Waals surface area contributed by atoms with Crippen molar-refractivity contribution in [2.75, 3.05) is 20.7 Å². The number of hydrogen-bond donors (Lipinski definition) is 1. The summed E-state index contributed by atoms with van der Waals surface area (Å²) in [5.41, 5.74) is 3.50. The maximum Gasteiger partial charge on any atom is 0.416 e. The van der Waals surface area contributed by atoms with E-state index in [2.05, 4.69) is 15.5 Å². The van der Waals surface area contributed by atoms with Crippen LogP contribution in [0.1, 0.15) is 49.0 Å². The highest BCUT2D eigenvalue weighted by Gasteiger charge is 2.30. The summed E-state index contributed by atoms with van der Waals surface area (Å²) in [5.74, 6) is 1.04. The number of aromatic nitrogens is 3. The molecule has 1 heterocycles. The summed E-state index contributed by atoms with van der Waals surface area (Å²) in [5, 5.41) is 12.2. The second-order valence-electron chi connectivity index (χ2n) is 9.86. The lowest BCUT2D eigenvalue weighted by atomic mass is 10.0. The number of ether oxygens (including phenoxy) is 1. The molecular weight excluding hydrogens is 523 g/mol. The number of esters is 1. The third-order valence-corrected chi connectivity index (χ3v) is 6.88. The topological polar surface area (TPSA) is 89.3 Å². The molecule has 0 bridgehead atoms. The number of nitrogens with zero attached hydrogens (tertiary/aromatic N) is 4. The molecule has 0 aliphatic heterocycles. The third kappa shape index (κ3) is 7.15. The van der Waals surface area contributed by atoms with Crippen molar-refractivity contribution in [1.29, 1.82) is 0 Å². The minimum Gasteiger partial charge on any atom is -0.468 e. The molecule has 1 aliphatic rings. The van der Waals surface area contributed by atoms with E-state index >= 15 is 0 Å². The second-order valence-corrected chi connectivity index (χ2v) is 9.86. The summed E-state index contributed by atoms with van der Waals surface area (Å²) in [6.45, 7) is 2.84. The number of carbonyl (C=O) groups is 2. The molecule has 0 saturated heterocycles. The monoisotopic (exact) mass is 555 g/mol. The largest absolute Gasteiger partial charge is 0.468 e. The van der Waals surface area contributed by atoms with Gasteiger partial charge < -0.3 is 14.6 Å². The number of Topliss-reactive ketones (excluding diaryl/α,β-unsaturated/α-hetero) is 1. The number of ketones is 1. The van der Waals surface area contributed by atoms with Crippen LogP contribution in [0, 0.1) is 0 Å². The number of nitrogens with one attached hydrogen (secondary N) is 1. The molecule has 1 aliphatic carbocycles. The second kappa shape index (κ2) is 12.5. The van der Waals surface area contributed by atoms with Crippen molar-refractivity contribution in [3.05, 3.63) is 82.6 Å². The Labute approximate surface area is 230 Å². The highest BCUT2D eigenvalue weighted by Crippen LogP contribution is 2.31. The van der Waals surface area contributed by atoms with E-state index in [1.165, 1.54) is 19.2 Å². The molecule has 1 N–H and O–H groups in total. The van der Waals surface area contributed by atoms with Crippen LogP contribution in [-0.2, 0) is 40.1 Å². The van der Waals surface area contributed by atoms with E-state index < -0.39 is 11.7 Å². The third-order valence-electron chi connectivity index (χ3n) is 6.88. The van der Waals surface area contributed by atoms with Gasteiger partial charge in [0, 0.05) is 11.3 Å². The molecule has 8 nitrogen and oxygen atoms in total. The number of likely N-dealkylation sites (N-methyl/N-ethyl adjacent to an activating group) is 1. The van der Waals surface area contributed by atoms with Crippen LogP contribution >= 0.6 is 0 Å². The molecule has 0 amide bonds. The summed E-state index contributed by atoms with van der Waals surface area (Å²) in [4.78, 5) is 25.5. The molecule has 0 fully saturated rings.